The molecule has 41 heavy (non-hydrogen) atoms. The Morgan fingerprint density at radius 2 is 1.15 bits per heavy atom. The van der Waals surface area contributed by atoms with Crippen molar-refractivity contribution in [2.24, 2.45) is 11.8 Å². The smallest absolute Gasteiger partial charge is 0.408 e. The largest absolute Gasteiger partial charge is 0.444 e. The van der Waals surface area contributed by atoms with Gasteiger partial charge in [0.2, 0.25) is 23.6 Å². The number of ether oxygens (including phenoxy) is 1. The topological polar surface area (TPSA) is 198 Å². The first-order valence-corrected chi connectivity index (χ1v) is 13.3. The van der Waals surface area contributed by atoms with E-state index in [1.165, 1.54) is 38.1 Å². The molecule has 1 aromatic carbocycles. The highest BCUT2D eigenvalue weighted by atomic mass is 16.6. The molecule has 0 aromatic heterocycles. The SMILES string of the molecule is CC(C)[C@H](NC(=O)[C@H](NC(=O)OC(C)(C)C)C(C)C)C(=O)N[C@@H](C)C(=O)N[C@@H](C)C(=O)Nc1ccc([N+](=O)[O-])cc1. The van der Waals surface area contributed by atoms with Crippen LogP contribution in [0, 0.1) is 22.0 Å². The van der Waals surface area contributed by atoms with Gasteiger partial charge in [0, 0.05) is 17.8 Å². The van der Waals surface area contributed by atoms with E-state index in [4.69, 9.17) is 4.74 Å². The van der Waals surface area contributed by atoms with Crippen LogP contribution >= 0.6 is 0 Å². The molecule has 0 aliphatic carbocycles. The van der Waals surface area contributed by atoms with Crippen LogP contribution in [-0.4, -0.2) is 64.4 Å². The van der Waals surface area contributed by atoms with Gasteiger partial charge in [-0.05, 0) is 58.6 Å². The fourth-order valence-corrected chi connectivity index (χ4v) is 3.44. The standard InChI is InChI=1S/C27H42N6O8/c1-14(2)20(31-25(37)21(15(3)4)32-26(38)41-27(7,8)9)24(36)29-16(5)22(34)28-17(6)23(35)30-18-10-12-19(13-11-18)33(39)40/h10-17,20-21H,1-9H3,(H,28,34)(H,29,36)(H,30,35)(H,31,37)(H,32,38)/t16-,17-,20-,21+/m0/s1. The van der Waals surface area contributed by atoms with E-state index in [2.05, 4.69) is 26.6 Å². The van der Waals surface area contributed by atoms with Gasteiger partial charge in [-0.3, -0.25) is 29.3 Å². The zero-order chi connectivity index (χ0) is 31.7. The molecule has 0 fully saturated rings. The van der Waals surface area contributed by atoms with Crippen LogP contribution in [0.3, 0.4) is 0 Å². The van der Waals surface area contributed by atoms with E-state index in [-0.39, 0.29) is 17.5 Å². The molecule has 0 unspecified atom stereocenters. The molecule has 0 bridgehead atoms. The van der Waals surface area contributed by atoms with E-state index in [1.807, 2.05) is 0 Å². The Balaban J connectivity index is 2.78. The van der Waals surface area contributed by atoms with Crippen LogP contribution < -0.4 is 26.6 Å². The van der Waals surface area contributed by atoms with Crippen molar-refractivity contribution in [2.45, 2.75) is 92.1 Å². The monoisotopic (exact) mass is 578 g/mol. The van der Waals surface area contributed by atoms with Crippen molar-refractivity contribution in [1.82, 2.24) is 21.3 Å². The lowest BCUT2D eigenvalue weighted by molar-refractivity contribution is -0.384. The number of nitro groups is 1. The summed E-state index contributed by atoms with van der Waals surface area (Å²) in [6.45, 7) is 14.8. The van der Waals surface area contributed by atoms with Crippen molar-refractivity contribution in [2.75, 3.05) is 5.32 Å². The van der Waals surface area contributed by atoms with E-state index in [1.54, 1.807) is 48.5 Å². The van der Waals surface area contributed by atoms with Crippen LogP contribution in [-0.2, 0) is 23.9 Å². The minimum atomic E-state index is -1.06. The number of hydrogen-bond donors (Lipinski definition) is 5. The van der Waals surface area contributed by atoms with Crippen molar-refractivity contribution < 1.29 is 33.6 Å². The number of nitro benzene ring substituents is 1. The number of anilines is 1. The molecule has 1 aromatic rings. The summed E-state index contributed by atoms with van der Waals surface area (Å²) < 4.78 is 5.24. The van der Waals surface area contributed by atoms with Crippen molar-refractivity contribution in [1.29, 1.82) is 0 Å². The third-order valence-electron chi connectivity index (χ3n) is 5.72. The lowest BCUT2D eigenvalue weighted by Crippen LogP contribution is -2.59. The van der Waals surface area contributed by atoms with Gasteiger partial charge in [0.1, 0.15) is 29.8 Å². The summed E-state index contributed by atoms with van der Waals surface area (Å²) in [7, 11) is 0. The number of non-ortho nitro benzene ring substituents is 1. The summed E-state index contributed by atoms with van der Waals surface area (Å²) in [5, 5.41) is 23.5. The number of carbonyl (C=O) groups is 5. The maximum atomic E-state index is 13.0. The maximum absolute atomic E-state index is 13.0. The fraction of sp³-hybridized carbons (Fsp3) is 0.593. The zero-order valence-corrected chi connectivity index (χ0v) is 25.0. The van der Waals surface area contributed by atoms with Crippen LogP contribution in [0.15, 0.2) is 24.3 Å². The Hall–Kier alpha value is -4.23. The summed E-state index contributed by atoms with van der Waals surface area (Å²) in [6, 6.07) is 1.13. The molecule has 5 amide bonds. The number of hydrogen-bond acceptors (Lipinski definition) is 8. The molecule has 0 aliphatic heterocycles. The molecule has 4 atom stereocenters. The van der Waals surface area contributed by atoms with E-state index in [0.717, 1.165) is 0 Å². The quantitative estimate of drug-likeness (QED) is 0.184. The van der Waals surface area contributed by atoms with Gasteiger partial charge in [-0.25, -0.2) is 4.79 Å². The van der Waals surface area contributed by atoms with Gasteiger partial charge in [-0.2, -0.15) is 0 Å². The molecule has 228 valence electrons. The van der Waals surface area contributed by atoms with Crippen LogP contribution in [0.2, 0.25) is 0 Å². The van der Waals surface area contributed by atoms with E-state index in [9.17, 15) is 34.1 Å². The highest BCUT2D eigenvalue weighted by molar-refractivity contribution is 5.98. The van der Waals surface area contributed by atoms with Gasteiger partial charge >= 0.3 is 6.09 Å². The molecule has 0 saturated heterocycles. The van der Waals surface area contributed by atoms with Crippen LogP contribution in [0.1, 0.15) is 62.3 Å². The summed E-state index contributed by atoms with van der Waals surface area (Å²) in [4.78, 5) is 73.7. The summed E-state index contributed by atoms with van der Waals surface area (Å²) >= 11 is 0. The lowest BCUT2D eigenvalue weighted by Gasteiger charge is -2.28. The van der Waals surface area contributed by atoms with Gasteiger partial charge < -0.3 is 31.3 Å². The Bertz CT molecular complexity index is 1110. The third kappa shape index (κ3) is 11.8. The lowest BCUT2D eigenvalue weighted by atomic mass is 9.99. The van der Waals surface area contributed by atoms with E-state index >= 15 is 0 Å². The number of rotatable bonds is 12. The predicted octanol–water partition coefficient (Wildman–Crippen LogP) is 2.23. The molecule has 0 spiro atoms. The molecular weight excluding hydrogens is 536 g/mol. The van der Waals surface area contributed by atoms with Gasteiger partial charge in [-0.1, -0.05) is 27.7 Å². The first-order valence-electron chi connectivity index (χ1n) is 13.3. The second-order valence-electron chi connectivity index (χ2n) is 11.4. The minimum Gasteiger partial charge on any atom is -0.444 e. The molecule has 1 rings (SSSR count). The van der Waals surface area contributed by atoms with Gasteiger partial charge in [0.05, 0.1) is 4.92 Å². The van der Waals surface area contributed by atoms with Crippen molar-refractivity contribution in [3.05, 3.63) is 34.4 Å². The Labute approximate surface area is 239 Å². The molecular formula is C27H42N6O8. The average molecular weight is 579 g/mol. The summed E-state index contributed by atoms with van der Waals surface area (Å²) in [5.74, 6) is -3.12. The molecule has 0 aliphatic rings. The number of nitrogens with one attached hydrogen (secondary N) is 5. The molecule has 0 saturated carbocycles. The Morgan fingerprint density at radius 1 is 0.707 bits per heavy atom. The van der Waals surface area contributed by atoms with Crippen molar-refractivity contribution >= 4 is 41.1 Å². The highest BCUT2D eigenvalue weighted by Crippen LogP contribution is 2.15. The zero-order valence-electron chi connectivity index (χ0n) is 25.0. The van der Waals surface area contributed by atoms with Gasteiger partial charge in [0.15, 0.2) is 0 Å². The normalized spacial score (nSPS) is 14.2. The third-order valence-corrected chi connectivity index (χ3v) is 5.72. The second-order valence-corrected chi connectivity index (χ2v) is 11.4. The van der Waals surface area contributed by atoms with Crippen LogP contribution in [0.25, 0.3) is 0 Å². The van der Waals surface area contributed by atoms with Crippen molar-refractivity contribution in [3.8, 4) is 0 Å². The highest BCUT2D eigenvalue weighted by Gasteiger charge is 2.33. The molecule has 14 heteroatoms. The van der Waals surface area contributed by atoms with E-state index < -0.39 is 64.4 Å². The minimum absolute atomic E-state index is 0.135. The number of amides is 5. The van der Waals surface area contributed by atoms with Gasteiger partial charge in [0.25, 0.3) is 5.69 Å². The fourth-order valence-electron chi connectivity index (χ4n) is 3.44. The number of alkyl carbamates (subject to hydrolysis) is 1. The predicted molar refractivity (Wildman–Crippen MR) is 152 cm³/mol. The van der Waals surface area contributed by atoms with Crippen LogP contribution in [0.4, 0.5) is 16.2 Å². The Kier molecular flexibility index (Phi) is 12.7. The molecule has 0 radical (unpaired) electrons. The van der Waals surface area contributed by atoms with Crippen molar-refractivity contribution in [3.63, 3.8) is 0 Å². The summed E-state index contributed by atoms with van der Waals surface area (Å²) in [5.41, 5.74) is -0.592. The van der Waals surface area contributed by atoms with E-state index in [0.29, 0.717) is 5.69 Å². The number of benzene rings is 1. The first-order chi connectivity index (χ1) is 18.8. The Morgan fingerprint density at radius 3 is 1.61 bits per heavy atom. The maximum Gasteiger partial charge on any atom is 0.408 e. The number of carbonyl (C=O) groups excluding carboxylic acids is 5. The van der Waals surface area contributed by atoms with Crippen LogP contribution in [0.5, 0.6) is 0 Å². The summed E-state index contributed by atoms with van der Waals surface area (Å²) in [6.07, 6.45) is -0.770. The average Bonchev–Trinajstić information content (AvgIpc) is 2.84. The molecule has 14 nitrogen and oxygen atoms in total. The van der Waals surface area contributed by atoms with Gasteiger partial charge in [-0.15, -0.1) is 0 Å². The first kappa shape index (κ1) is 34.8. The number of nitrogens with zero attached hydrogens (tertiary/aromatic N) is 1. The second kappa shape index (κ2) is 15.0. The molecule has 5 N–H and O–H groups in total. The molecule has 0 heterocycles.